The SMILES string of the molecule is Cn1nc(C(=O)NCCN2CCOCC2)cc1-c1cn(C)c2ccccc12. The molecule has 0 spiro atoms. The number of amides is 1. The molecule has 0 unspecified atom stereocenters. The number of fused-ring (bicyclic) bond motifs is 1. The Morgan fingerprint density at radius 1 is 1.22 bits per heavy atom. The minimum atomic E-state index is -0.134. The molecule has 1 aliphatic heterocycles. The maximum Gasteiger partial charge on any atom is 0.271 e. The number of aryl methyl sites for hydroxylation is 2. The maximum atomic E-state index is 12.5. The molecule has 27 heavy (non-hydrogen) atoms. The molecular formula is C20H25N5O2. The second kappa shape index (κ2) is 7.54. The number of para-hydroxylation sites is 1. The molecule has 0 saturated carbocycles. The van der Waals surface area contributed by atoms with Gasteiger partial charge in [0.15, 0.2) is 5.69 Å². The van der Waals surface area contributed by atoms with Crippen LogP contribution in [-0.4, -0.2) is 64.5 Å². The van der Waals surface area contributed by atoms with Crippen LogP contribution in [0.15, 0.2) is 36.5 Å². The Balaban J connectivity index is 1.48. The summed E-state index contributed by atoms with van der Waals surface area (Å²) in [5.74, 6) is -0.134. The van der Waals surface area contributed by atoms with Crippen molar-refractivity contribution in [1.82, 2.24) is 24.6 Å². The van der Waals surface area contributed by atoms with Crippen LogP contribution >= 0.6 is 0 Å². The van der Waals surface area contributed by atoms with Gasteiger partial charge in [0.1, 0.15) is 0 Å². The third kappa shape index (κ3) is 3.61. The first kappa shape index (κ1) is 17.8. The van der Waals surface area contributed by atoms with E-state index in [1.54, 1.807) is 4.68 Å². The summed E-state index contributed by atoms with van der Waals surface area (Å²) in [5.41, 5.74) is 3.62. The first-order valence-corrected chi connectivity index (χ1v) is 9.30. The Hall–Kier alpha value is -2.64. The average Bonchev–Trinajstić information content (AvgIpc) is 3.23. The number of carbonyl (C=O) groups is 1. The average molecular weight is 367 g/mol. The Morgan fingerprint density at radius 2 is 2.00 bits per heavy atom. The van der Waals surface area contributed by atoms with Crippen molar-refractivity contribution in [2.24, 2.45) is 14.1 Å². The van der Waals surface area contributed by atoms with Crippen molar-refractivity contribution in [3.8, 4) is 11.3 Å². The van der Waals surface area contributed by atoms with E-state index in [2.05, 4.69) is 38.2 Å². The number of carbonyl (C=O) groups excluding carboxylic acids is 1. The second-order valence-electron chi connectivity index (χ2n) is 6.92. The molecule has 7 heteroatoms. The van der Waals surface area contributed by atoms with Gasteiger partial charge in [0.2, 0.25) is 0 Å². The van der Waals surface area contributed by atoms with Crippen LogP contribution in [0, 0.1) is 0 Å². The zero-order valence-electron chi connectivity index (χ0n) is 15.8. The Bertz CT molecular complexity index is 953. The van der Waals surface area contributed by atoms with E-state index in [9.17, 15) is 4.79 Å². The van der Waals surface area contributed by atoms with Crippen LogP contribution in [0.4, 0.5) is 0 Å². The molecule has 7 nitrogen and oxygen atoms in total. The fraction of sp³-hybridized carbons (Fsp3) is 0.400. The van der Waals surface area contributed by atoms with E-state index in [1.807, 2.05) is 32.3 Å². The Kier molecular flexibility index (Phi) is 4.96. The molecule has 0 bridgehead atoms. The van der Waals surface area contributed by atoms with Gasteiger partial charge in [0, 0.05) is 62.9 Å². The van der Waals surface area contributed by atoms with Crippen molar-refractivity contribution >= 4 is 16.8 Å². The fourth-order valence-electron chi connectivity index (χ4n) is 3.62. The molecule has 4 rings (SSSR count). The zero-order valence-corrected chi connectivity index (χ0v) is 15.8. The van der Waals surface area contributed by atoms with Crippen LogP contribution in [0.3, 0.4) is 0 Å². The minimum absolute atomic E-state index is 0.134. The highest BCUT2D eigenvalue weighted by atomic mass is 16.5. The number of rotatable bonds is 5. The van der Waals surface area contributed by atoms with Gasteiger partial charge in [-0.1, -0.05) is 18.2 Å². The molecule has 3 heterocycles. The van der Waals surface area contributed by atoms with E-state index in [1.165, 1.54) is 0 Å². The van der Waals surface area contributed by atoms with Gasteiger partial charge in [-0.3, -0.25) is 14.4 Å². The summed E-state index contributed by atoms with van der Waals surface area (Å²) in [6.45, 7) is 4.82. The van der Waals surface area contributed by atoms with E-state index in [0.717, 1.165) is 55.0 Å². The van der Waals surface area contributed by atoms with Gasteiger partial charge < -0.3 is 14.6 Å². The molecule has 1 saturated heterocycles. The van der Waals surface area contributed by atoms with Crippen molar-refractivity contribution in [2.75, 3.05) is 39.4 Å². The number of benzene rings is 1. The summed E-state index contributed by atoms with van der Waals surface area (Å²) in [7, 11) is 3.91. The van der Waals surface area contributed by atoms with E-state index < -0.39 is 0 Å². The number of aromatic nitrogens is 3. The predicted molar refractivity (Wildman–Crippen MR) is 105 cm³/mol. The van der Waals surface area contributed by atoms with Crippen molar-refractivity contribution in [2.45, 2.75) is 0 Å². The summed E-state index contributed by atoms with van der Waals surface area (Å²) in [5, 5.41) is 8.56. The van der Waals surface area contributed by atoms with Gasteiger partial charge in [-0.05, 0) is 12.1 Å². The largest absolute Gasteiger partial charge is 0.379 e. The molecule has 1 fully saturated rings. The van der Waals surface area contributed by atoms with E-state index in [0.29, 0.717) is 12.2 Å². The van der Waals surface area contributed by atoms with Gasteiger partial charge in [0.05, 0.1) is 18.9 Å². The normalized spacial score (nSPS) is 15.3. The van der Waals surface area contributed by atoms with Crippen LogP contribution in [0.5, 0.6) is 0 Å². The van der Waals surface area contributed by atoms with Crippen molar-refractivity contribution in [3.63, 3.8) is 0 Å². The standard InChI is InChI=1S/C20H25N5O2/c1-23-14-16(15-5-3-4-6-18(15)23)19-13-17(22-24(19)2)20(26)21-7-8-25-9-11-27-12-10-25/h3-6,13-14H,7-12H2,1-2H3,(H,21,26). The summed E-state index contributed by atoms with van der Waals surface area (Å²) < 4.78 is 9.22. The molecule has 2 aromatic heterocycles. The summed E-state index contributed by atoms with van der Waals surface area (Å²) in [6, 6.07) is 10.1. The second-order valence-corrected chi connectivity index (χ2v) is 6.92. The van der Waals surface area contributed by atoms with Gasteiger partial charge in [-0.15, -0.1) is 0 Å². The van der Waals surface area contributed by atoms with Gasteiger partial charge >= 0.3 is 0 Å². The quantitative estimate of drug-likeness (QED) is 0.745. The van der Waals surface area contributed by atoms with Crippen LogP contribution in [-0.2, 0) is 18.8 Å². The lowest BCUT2D eigenvalue weighted by Gasteiger charge is -2.26. The van der Waals surface area contributed by atoms with Crippen LogP contribution < -0.4 is 5.32 Å². The highest BCUT2D eigenvalue weighted by molar-refractivity contribution is 5.98. The van der Waals surface area contributed by atoms with Crippen molar-refractivity contribution in [3.05, 3.63) is 42.2 Å². The highest BCUT2D eigenvalue weighted by Gasteiger charge is 2.17. The number of hydrogen-bond donors (Lipinski definition) is 1. The summed E-state index contributed by atoms with van der Waals surface area (Å²) in [6.07, 6.45) is 2.09. The monoisotopic (exact) mass is 367 g/mol. The van der Waals surface area contributed by atoms with Crippen LogP contribution in [0.25, 0.3) is 22.2 Å². The van der Waals surface area contributed by atoms with E-state index in [4.69, 9.17) is 4.74 Å². The van der Waals surface area contributed by atoms with E-state index >= 15 is 0 Å². The maximum absolute atomic E-state index is 12.5. The highest BCUT2D eigenvalue weighted by Crippen LogP contribution is 2.30. The predicted octanol–water partition coefficient (Wildman–Crippen LogP) is 1.64. The molecule has 0 radical (unpaired) electrons. The Morgan fingerprint density at radius 3 is 2.81 bits per heavy atom. The number of hydrogen-bond acceptors (Lipinski definition) is 4. The minimum Gasteiger partial charge on any atom is -0.379 e. The number of nitrogens with one attached hydrogen (secondary N) is 1. The lowest BCUT2D eigenvalue weighted by Crippen LogP contribution is -2.41. The molecule has 0 aliphatic carbocycles. The number of morpholine rings is 1. The first-order valence-electron chi connectivity index (χ1n) is 9.30. The molecule has 142 valence electrons. The number of ether oxygens (including phenoxy) is 1. The molecule has 0 atom stereocenters. The first-order chi connectivity index (χ1) is 13.1. The van der Waals surface area contributed by atoms with Crippen molar-refractivity contribution in [1.29, 1.82) is 0 Å². The topological polar surface area (TPSA) is 64.3 Å². The lowest BCUT2D eigenvalue weighted by atomic mass is 10.1. The summed E-state index contributed by atoms with van der Waals surface area (Å²) >= 11 is 0. The van der Waals surface area contributed by atoms with Crippen molar-refractivity contribution < 1.29 is 9.53 Å². The summed E-state index contributed by atoms with van der Waals surface area (Å²) in [4.78, 5) is 14.8. The fourth-order valence-corrected chi connectivity index (χ4v) is 3.62. The molecule has 1 N–H and O–H groups in total. The van der Waals surface area contributed by atoms with Gasteiger partial charge in [0.25, 0.3) is 5.91 Å². The third-order valence-electron chi connectivity index (χ3n) is 5.10. The molecule has 1 aromatic carbocycles. The van der Waals surface area contributed by atoms with Crippen LogP contribution in [0.2, 0.25) is 0 Å². The third-order valence-corrected chi connectivity index (χ3v) is 5.10. The molecule has 3 aromatic rings. The lowest BCUT2D eigenvalue weighted by molar-refractivity contribution is 0.0383. The van der Waals surface area contributed by atoms with E-state index in [-0.39, 0.29) is 5.91 Å². The molecular weight excluding hydrogens is 342 g/mol. The Labute approximate surface area is 158 Å². The molecule has 1 aliphatic rings. The zero-order chi connectivity index (χ0) is 18.8. The van der Waals surface area contributed by atoms with Gasteiger partial charge in [-0.25, -0.2) is 0 Å². The van der Waals surface area contributed by atoms with Gasteiger partial charge in [-0.2, -0.15) is 5.10 Å². The smallest absolute Gasteiger partial charge is 0.271 e. The molecule has 1 amide bonds. The van der Waals surface area contributed by atoms with Crippen LogP contribution in [0.1, 0.15) is 10.5 Å². The number of nitrogens with zero attached hydrogens (tertiary/aromatic N) is 4.